The first-order chi connectivity index (χ1) is 16.2. The topological polar surface area (TPSA) is 79.8 Å². The van der Waals surface area contributed by atoms with Gasteiger partial charge in [0.1, 0.15) is 36.0 Å². The second-order valence-electron chi connectivity index (χ2n) is 8.91. The van der Waals surface area contributed by atoms with Crippen LogP contribution in [0.25, 0.3) is 0 Å². The largest absolute Gasteiger partial charge is 0.489 e. The van der Waals surface area contributed by atoms with Crippen LogP contribution in [0.15, 0.2) is 36.4 Å². The Labute approximate surface area is 206 Å². The molecule has 4 atom stereocenters. The number of aliphatic hydroxyl groups is 1. The van der Waals surface area contributed by atoms with Gasteiger partial charge in [0.05, 0.1) is 10.0 Å². The van der Waals surface area contributed by atoms with E-state index < -0.39 is 17.9 Å². The minimum absolute atomic E-state index is 0.00658. The lowest BCUT2D eigenvalue weighted by Gasteiger charge is -2.39. The van der Waals surface area contributed by atoms with Gasteiger partial charge in [0, 0.05) is 23.7 Å². The molecule has 10 heteroatoms. The normalized spacial score (nSPS) is 24.5. The summed E-state index contributed by atoms with van der Waals surface area (Å²) in [4.78, 5) is 12.4. The summed E-state index contributed by atoms with van der Waals surface area (Å²) in [5, 5.41) is 16.8. The van der Waals surface area contributed by atoms with Crippen LogP contribution < -0.4 is 20.1 Å². The molecule has 2 bridgehead atoms. The molecule has 4 unspecified atom stereocenters. The highest BCUT2D eigenvalue weighted by Crippen LogP contribution is 2.45. The molecule has 2 aromatic rings. The van der Waals surface area contributed by atoms with Crippen molar-refractivity contribution in [1.29, 1.82) is 0 Å². The summed E-state index contributed by atoms with van der Waals surface area (Å²) in [5.74, 6) is -0.644. The van der Waals surface area contributed by atoms with Crippen molar-refractivity contribution in [2.24, 2.45) is 5.92 Å². The van der Waals surface area contributed by atoms with Gasteiger partial charge in [0.15, 0.2) is 6.61 Å². The molecular formula is C24H26Cl2F2N2O4. The summed E-state index contributed by atoms with van der Waals surface area (Å²) in [6.45, 7) is -0.245. The molecule has 3 N–H and O–H groups in total. The molecule has 2 fully saturated rings. The van der Waals surface area contributed by atoms with Crippen LogP contribution in [-0.2, 0) is 4.79 Å². The number of fused-ring (bicyclic) bond motifs is 2. The van der Waals surface area contributed by atoms with Crippen molar-refractivity contribution in [2.75, 3.05) is 13.2 Å². The standard InChI is InChI=1S/C24H26Cl2F2N2O4/c25-17-3-1-15(9-19(17)27)33-12-22(31)29-21-6-8-24(7-5-14(21)11-24)30-23(32)13-34-16-2-4-18(26)20(28)10-16/h1-4,9-10,14,21,23,30,32H,5-8,11-13H2,(H,29,31). The van der Waals surface area contributed by atoms with Gasteiger partial charge in [-0.25, -0.2) is 8.78 Å². The Balaban J connectivity index is 1.22. The fourth-order valence-electron chi connectivity index (χ4n) is 4.90. The molecule has 0 saturated heterocycles. The Bertz CT molecular complexity index is 1040. The molecule has 2 saturated carbocycles. The zero-order chi connectivity index (χ0) is 24.3. The van der Waals surface area contributed by atoms with Crippen molar-refractivity contribution < 1.29 is 28.2 Å². The first-order valence-electron chi connectivity index (χ1n) is 11.1. The number of carbonyl (C=O) groups excluding carboxylic acids is 1. The third kappa shape index (κ3) is 6.10. The lowest BCUT2D eigenvalue weighted by molar-refractivity contribution is -0.124. The summed E-state index contributed by atoms with van der Waals surface area (Å²) in [5.41, 5.74) is -0.225. The molecule has 4 rings (SSSR count). The Kier molecular flexibility index (Phi) is 7.82. The number of rotatable bonds is 9. The SMILES string of the molecule is O=C(COc1ccc(Cl)c(F)c1)NC1CCC2(NC(O)COc3ccc(Cl)c(F)c3)CCC1C2. The number of carbonyl (C=O) groups is 1. The van der Waals surface area contributed by atoms with Crippen molar-refractivity contribution in [3.8, 4) is 11.5 Å². The Hall–Kier alpha value is -2.13. The van der Waals surface area contributed by atoms with Crippen molar-refractivity contribution >= 4 is 29.1 Å². The van der Waals surface area contributed by atoms with Crippen molar-refractivity contribution in [1.82, 2.24) is 10.6 Å². The number of halogens is 4. The number of hydrogen-bond donors (Lipinski definition) is 3. The van der Waals surface area contributed by atoms with E-state index in [1.54, 1.807) is 6.07 Å². The smallest absolute Gasteiger partial charge is 0.258 e. The number of nitrogens with one attached hydrogen (secondary N) is 2. The van der Waals surface area contributed by atoms with Crippen molar-refractivity contribution in [3.05, 3.63) is 58.1 Å². The molecule has 2 aliphatic carbocycles. The quantitative estimate of drug-likeness (QED) is 0.430. The van der Waals surface area contributed by atoms with Crippen LogP contribution in [0.2, 0.25) is 10.0 Å². The van der Waals surface area contributed by atoms with Crippen molar-refractivity contribution in [2.45, 2.75) is 49.9 Å². The van der Waals surface area contributed by atoms with E-state index in [-0.39, 0.29) is 52.4 Å². The predicted octanol–water partition coefficient (Wildman–Crippen LogP) is 4.45. The first kappa shape index (κ1) is 25.0. The van der Waals surface area contributed by atoms with Gasteiger partial charge in [0.25, 0.3) is 5.91 Å². The monoisotopic (exact) mass is 514 g/mol. The minimum atomic E-state index is -0.920. The maximum atomic E-state index is 13.5. The van der Waals surface area contributed by atoms with E-state index in [0.717, 1.165) is 38.2 Å². The fraction of sp³-hybridized carbons (Fsp3) is 0.458. The van der Waals surface area contributed by atoms with Crippen LogP contribution in [0.5, 0.6) is 11.5 Å². The molecule has 2 aliphatic rings. The molecule has 0 radical (unpaired) electrons. The van der Waals surface area contributed by atoms with Gasteiger partial charge in [-0.15, -0.1) is 0 Å². The van der Waals surface area contributed by atoms with Gasteiger partial charge < -0.3 is 19.9 Å². The van der Waals surface area contributed by atoms with Gasteiger partial charge in [0.2, 0.25) is 0 Å². The van der Waals surface area contributed by atoms with E-state index in [2.05, 4.69) is 10.6 Å². The Morgan fingerprint density at radius 1 is 1.06 bits per heavy atom. The summed E-state index contributed by atoms with van der Waals surface area (Å²) in [6, 6.07) is 8.18. The van der Waals surface area contributed by atoms with E-state index in [9.17, 15) is 18.7 Å². The molecule has 0 heterocycles. The van der Waals surface area contributed by atoms with E-state index in [4.69, 9.17) is 32.7 Å². The summed E-state index contributed by atoms with van der Waals surface area (Å²) in [7, 11) is 0. The highest BCUT2D eigenvalue weighted by molar-refractivity contribution is 6.31. The lowest BCUT2D eigenvalue weighted by Crippen LogP contribution is -2.55. The summed E-state index contributed by atoms with van der Waals surface area (Å²) in [6.07, 6.45) is 3.22. The molecular weight excluding hydrogens is 489 g/mol. The van der Waals surface area contributed by atoms with Crippen molar-refractivity contribution in [3.63, 3.8) is 0 Å². The molecule has 1 amide bonds. The molecule has 0 spiro atoms. The lowest BCUT2D eigenvalue weighted by atomic mass is 9.79. The first-order valence-corrected chi connectivity index (χ1v) is 11.9. The molecule has 6 nitrogen and oxygen atoms in total. The third-order valence-corrected chi connectivity index (χ3v) is 7.14. The second-order valence-corrected chi connectivity index (χ2v) is 9.72. The zero-order valence-electron chi connectivity index (χ0n) is 18.3. The molecule has 34 heavy (non-hydrogen) atoms. The van der Waals surface area contributed by atoms with Gasteiger partial charge in [-0.05, 0) is 62.3 Å². The zero-order valence-corrected chi connectivity index (χ0v) is 19.8. The maximum Gasteiger partial charge on any atom is 0.258 e. The second kappa shape index (κ2) is 10.6. The average molecular weight is 515 g/mol. The fourth-order valence-corrected chi connectivity index (χ4v) is 5.13. The third-order valence-electron chi connectivity index (χ3n) is 6.53. The number of aliphatic hydroxyl groups excluding tert-OH is 1. The van der Waals surface area contributed by atoms with E-state index in [1.165, 1.54) is 24.3 Å². The molecule has 2 aromatic carbocycles. The van der Waals surface area contributed by atoms with Gasteiger partial charge in [-0.1, -0.05) is 23.2 Å². The minimum Gasteiger partial charge on any atom is -0.489 e. The average Bonchev–Trinajstić information content (AvgIpc) is 3.15. The van der Waals surface area contributed by atoms with Crippen LogP contribution in [0.1, 0.15) is 32.1 Å². The van der Waals surface area contributed by atoms with Crippen LogP contribution in [-0.4, -0.2) is 42.0 Å². The van der Waals surface area contributed by atoms with E-state index in [1.807, 2.05) is 0 Å². The van der Waals surface area contributed by atoms with Crippen LogP contribution in [0, 0.1) is 17.6 Å². The van der Waals surface area contributed by atoms with Gasteiger partial charge in [-0.2, -0.15) is 0 Å². The molecule has 184 valence electrons. The molecule has 0 aliphatic heterocycles. The highest BCUT2D eigenvalue weighted by atomic mass is 35.5. The van der Waals surface area contributed by atoms with Gasteiger partial charge >= 0.3 is 0 Å². The maximum absolute atomic E-state index is 13.5. The summed E-state index contributed by atoms with van der Waals surface area (Å²) < 4.78 is 37.9. The summed E-state index contributed by atoms with van der Waals surface area (Å²) >= 11 is 11.3. The Morgan fingerprint density at radius 2 is 1.68 bits per heavy atom. The van der Waals surface area contributed by atoms with Gasteiger partial charge in [-0.3, -0.25) is 10.1 Å². The highest BCUT2D eigenvalue weighted by Gasteiger charge is 2.47. The number of amides is 1. The van der Waals surface area contributed by atoms with Crippen LogP contribution in [0.4, 0.5) is 8.78 Å². The number of benzene rings is 2. The number of hydrogen-bond acceptors (Lipinski definition) is 5. The number of ether oxygens (including phenoxy) is 2. The Morgan fingerprint density at radius 3 is 2.32 bits per heavy atom. The van der Waals surface area contributed by atoms with E-state index >= 15 is 0 Å². The predicted molar refractivity (Wildman–Crippen MR) is 124 cm³/mol. The molecule has 0 aromatic heterocycles. The van der Waals surface area contributed by atoms with Crippen LogP contribution >= 0.6 is 23.2 Å². The van der Waals surface area contributed by atoms with E-state index in [0.29, 0.717) is 5.75 Å². The van der Waals surface area contributed by atoms with Crippen LogP contribution in [0.3, 0.4) is 0 Å².